The molecule has 220 valence electrons. The molecule has 3 aromatic rings. The predicted octanol–water partition coefficient (Wildman–Crippen LogP) is 6.03. The number of piperidine rings is 1. The second-order valence-corrected chi connectivity index (χ2v) is 11.0. The number of allylic oxidation sites excluding steroid dienone is 1. The Balaban J connectivity index is 1.47. The number of hydrogen-bond donors (Lipinski definition) is 2. The van der Waals surface area contributed by atoms with Crippen molar-refractivity contribution in [3.63, 3.8) is 0 Å². The molecule has 1 fully saturated rings. The molecule has 0 bridgehead atoms. The summed E-state index contributed by atoms with van der Waals surface area (Å²) in [4.78, 5) is 19.3. The number of halogens is 2. The van der Waals surface area contributed by atoms with E-state index >= 15 is 8.78 Å². The molecular weight excluding hydrogens is 524 g/mol. The van der Waals surface area contributed by atoms with E-state index in [1.807, 2.05) is 37.6 Å². The van der Waals surface area contributed by atoms with Gasteiger partial charge in [0.1, 0.15) is 29.5 Å². The number of aliphatic imine (C=N–C) groups is 2. The van der Waals surface area contributed by atoms with Gasteiger partial charge in [0.15, 0.2) is 11.6 Å². The molecule has 0 spiro atoms. The van der Waals surface area contributed by atoms with E-state index in [0.717, 1.165) is 45.1 Å². The van der Waals surface area contributed by atoms with Crippen LogP contribution in [-0.4, -0.2) is 69.9 Å². The van der Waals surface area contributed by atoms with Crippen LogP contribution >= 0.6 is 0 Å². The zero-order chi connectivity index (χ0) is 29.5. The van der Waals surface area contributed by atoms with Crippen molar-refractivity contribution in [3.8, 4) is 0 Å². The first-order valence-corrected chi connectivity index (χ1v) is 14.3. The summed E-state index contributed by atoms with van der Waals surface area (Å²) in [5, 5.41) is 12.2. The van der Waals surface area contributed by atoms with Gasteiger partial charge in [0.2, 0.25) is 0 Å². The normalized spacial score (nSPS) is 16.5. The number of rotatable bonds is 12. The number of hydrogen-bond acceptors (Lipinski definition) is 7. The standard InChI is InChI=1S/C31H41F2N7O/c1-20(2)40-22(4)38-31-26(32)15-25(16-28(31)40)30(27(33)18-34-5)37-19-36-29-8-7-24(17-35-29)21(3)23-9-12-39(13-10-23)11-6-14-41/h7-8,15-18,20-21,23,41H,5-6,9-14,19H2,1-4H3,(H,35,36)/b27-18+,37-30-. The first kappa shape index (κ1) is 30.5. The predicted molar refractivity (Wildman–Crippen MR) is 162 cm³/mol. The average Bonchev–Trinajstić information content (AvgIpc) is 3.31. The Morgan fingerprint density at radius 1 is 1.24 bits per heavy atom. The Labute approximate surface area is 240 Å². The van der Waals surface area contributed by atoms with Crippen LogP contribution in [0.25, 0.3) is 11.0 Å². The fourth-order valence-corrected chi connectivity index (χ4v) is 5.73. The van der Waals surface area contributed by atoms with Gasteiger partial charge in [-0.1, -0.05) is 13.0 Å². The maximum Gasteiger partial charge on any atom is 0.167 e. The summed E-state index contributed by atoms with van der Waals surface area (Å²) >= 11 is 0. The smallest absolute Gasteiger partial charge is 0.167 e. The van der Waals surface area contributed by atoms with E-state index in [4.69, 9.17) is 5.11 Å². The number of aliphatic hydroxyl groups excluding tert-OH is 1. The fraction of sp³-hybridized carbons (Fsp3) is 0.484. The molecule has 1 unspecified atom stereocenters. The molecule has 0 amide bonds. The molecular formula is C31H41F2N7O. The van der Waals surface area contributed by atoms with E-state index < -0.39 is 11.6 Å². The fourth-order valence-electron chi connectivity index (χ4n) is 5.73. The van der Waals surface area contributed by atoms with Crippen LogP contribution < -0.4 is 5.32 Å². The largest absolute Gasteiger partial charge is 0.396 e. The van der Waals surface area contributed by atoms with Crippen molar-refractivity contribution in [3.05, 3.63) is 65.3 Å². The van der Waals surface area contributed by atoms with Crippen molar-refractivity contribution in [1.82, 2.24) is 19.4 Å². The lowest BCUT2D eigenvalue weighted by molar-refractivity contribution is 0.157. The van der Waals surface area contributed by atoms with Gasteiger partial charge >= 0.3 is 0 Å². The van der Waals surface area contributed by atoms with Crippen LogP contribution in [0.5, 0.6) is 0 Å². The third-order valence-electron chi connectivity index (χ3n) is 7.93. The van der Waals surface area contributed by atoms with Crippen molar-refractivity contribution in [1.29, 1.82) is 0 Å². The molecule has 3 heterocycles. The Bertz CT molecular complexity index is 1390. The van der Waals surface area contributed by atoms with Crippen LogP contribution in [-0.2, 0) is 0 Å². The zero-order valence-corrected chi connectivity index (χ0v) is 24.4. The van der Waals surface area contributed by atoms with Gasteiger partial charge in [-0.15, -0.1) is 0 Å². The summed E-state index contributed by atoms with van der Waals surface area (Å²) in [5.74, 6) is 1.02. The molecule has 1 atom stereocenters. The minimum absolute atomic E-state index is 0.0318. The molecule has 1 aliphatic heterocycles. The highest BCUT2D eigenvalue weighted by molar-refractivity contribution is 6.12. The number of aliphatic hydroxyl groups is 1. The summed E-state index contributed by atoms with van der Waals surface area (Å²) in [6.45, 7) is 14.7. The average molecular weight is 566 g/mol. The van der Waals surface area contributed by atoms with E-state index in [-0.39, 0.29) is 36.1 Å². The summed E-state index contributed by atoms with van der Waals surface area (Å²) in [5.41, 5.74) is 2.26. The third-order valence-corrected chi connectivity index (χ3v) is 7.93. The molecule has 10 heteroatoms. The number of aryl methyl sites for hydroxylation is 1. The van der Waals surface area contributed by atoms with E-state index in [2.05, 4.69) is 49.9 Å². The van der Waals surface area contributed by atoms with Gasteiger partial charge in [0.25, 0.3) is 0 Å². The Hall–Kier alpha value is -3.50. The van der Waals surface area contributed by atoms with Gasteiger partial charge in [-0.25, -0.2) is 18.7 Å². The van der Waals surface area contributed by atoms with Crippen LogP contribution in [0.3, 0.4) is 0 Å². The minimum atomic E-state index is -0.715. The number of anilines is 1. The lowest BCUT2D eigenvalue weighted by Crippen LogP contribution is -2.36. The summed E-state index contributed by atoms with van der Waals surface area (Å²) in [6, 6.07) is 6.99. The van der Waals surface area contributed by atoms with E-state index in [0.29, 0.717) is 29.0 Å². The lowest BCUT2D eigenvalue weighted by Gasteiger charge is -2.35. The number of pyridine rings is 1. The quantitative estimate of drug-likeness (QED) is 0.262. The third kappa shape index (κ3) is 7.23. The molecule has 0 aliphatic carbocycles. The van der Waals surface area contributed by atoms with Crippen LogP contribution in [0.1, 0.15) is 68.9 Å². The molecule has 0 radical (unpaired) electrons. The second kappa shape index (κ2) is 13.9. The Kier molecular flexibility index (Phi) is 10.3. The van der Waals surface area contributed by atoms with Crippen molar-refractivity contribution in [2.24, 2.45) is 15.9 Å². The number of fused-ring (bicyclic) bond motifs is 1. The van der Waals surface area contributed by atoms with E-state index in [1.165, 1.54) is 11.6 Å². The number of nitrogens with one attached hydrogen (secondary N) is 1. The molecule has 1 aliphatic rings. The van der Waals surface area contributed by atoms with Crippen LogP contribution in [0, 0.1) is 18.7 Å². The van der Waals surface area contributed by atoms with Crippen LogP contribution in [0.15, 0.2) is 52.5 Å². The Morgan fingerprint density at radius 3 is 2.63 bits per heavy atom. The molecule has 4 rings (SSSR count). The van der Waals surface area contributed by atoms with Gasteiger partial charge in [-0.3, -0.25) is 9.98 Å². The second-order valence-electron chi connectivity index (χ2n) is 11.0. The van der Waals surface area contributed by atoms with E-state index in [9.17, 15) is 0 Å². The van der Waals surface area contributed by atoms with Gasteiger partial charge in [0.05, 0.1) is 11.7 Å². The molecule has 8 nitrogen and oxygen atoms in total. The maximum atomic E-state index is 15.1. The van der Waals surface area contributed by atoms with Crippen molar-refractivity contribution < 1.29 is 13.9 Å². The number of likely N-dealkylation sites (tertiary alicyclic amines) is 1. The topological polar surface area (TPSA) is 90.9 Å². The molecule has 41 heavy (non-hydrogen) atoms. The van der Waals surface area contributed by atoms with Gasteiger partial charge in [0, 0.05) is 31.0 Å². The molecule has 1 aromatic carbocycles. The number of imidazole rings is 1. The monoisotopic (exact) mass is 565 g/mol. The number of benzene rings is 1. The van der Waals surface area contributed by atoms with Gasteiger partial charge in [-0.05, 0) is 95.4 Å². The maximum absolute atomic E-state index is 15.1. The lowest BCUT2D eigenvalue weighted by atomic mass is 9.82. The molecule has 1 saturated heterocycles. The Morgan fingerprint density at radius 2 is 2.00 bits per heavy atom. The van der Waals surface area contributed by atoms with Crippen molar-refractivity contribution >= 4 is 29.3 Å². The SMILES string of the molecule is C=N/C=C(F)\C(=N/CNc1ccc(C(C)C2CCN(CCCO)CC2)cn1)c1cc(F)c2nc(C)n(C(C)C)c2c1. The highest BCUT2D eigenvalue weighted by Crippen LogP contribution is 2.32. The first-order valence-electron chi connectivity index (χ1n) is 14.3. The highest BCUT2D eigenvalue weighted by Gasteiger charge is 2.25. The first-order chi connectivity index (χ1) is 19.7. The van der Waals surface area contributed by atoms with Crippen molar-refractivity contribution in [2.45, 2.75) is 58.9 Å². The van der Waals surface area contributed by atoms with Crippen LogP contribution in [0.2, 0.25) is 0 Å². The summed E-state index contributed by atoms with van der Waals surface area (Å²) in [7, 11) is 0. The minimum Gasteiger partial charge on any atom is -0.396 e. The van der Waals surface area contributed by atoms with E-state index in [1.54, 1.807) is 6.07 Å². The molecule has 0 saturated carbocycles. The summed E-state index contributed by atoms with van der Waals surface area (Å²) < 4.78 is 32.0. The number of aromatic nitrogens is 3. The van der Waals surface area contributed by atoms with Gasteiger partial charge in [-0.2, -0.15) is 0 Å². The van der Waals surface area contributed by atoms with Gasteiger partial charge < -0.3 is 19.9 Å². The summed E-state index contributed by atoms with van der Waals surface area (Å²) in [6.07, 6.45) is 5.95. The molecule has 2 N–H and O–H groups in total. The molecule has 2 aromatic heterocycles. The van der Waals surface area contributed by atoms with Crippen LogP contribution in [0.4, 0.5) is 14.6 Å². The number of nitrogens with zero attached hydrogens (tertiary/aromatic N) is 6. The zero-order valence-electron chi connectivity index (χ0n) is 24.4. The van der Waals surface area contributed by atoms with Crippen molar-refractivity contribution in [2.75, 3.05) is 38.2 Å². The highest BCUT2D eigenvalue weighted by atomic mass is 19.1.